The van der Waals surface area contributed by atoms with Gasteiger partial charge in [0.25, 0.3) is 0 Å². The smallest absolute Gasteiger partial charge is 0.341 e. The van der Waals surface area contributed by atoms with Crippen LogP contribution in [-0.4, -0.2) is 26.1 Å². The molecule has 0 aliphatic heterocycles. The molecular formula is C24H20Cl2FNO6S. The van der Waals surface area contributed by atoms with E-state index in [1.807, 2.05) is 0 Å². The zero-order valence-electron chi connectivity index (χ0n) is 18.1. The van der Waals surface area contributed by atoms with Gasteiger partial charge in [-0.05, 0) is 72.9 Å². The Morgan fingerprint density at radius 2 is 1.86 bits per heavy atom. The average Bonchev–Trinajstić information content (AvgIpc) is 2.80. The second-order valence-electron chi connectivity index (χ2n) is 7.84. The van der Waals surface area contributed by atoms with E-state index in [9.17, 15) is 17.6 Å². The summed E-state index contributed by atoms with van der Waals surface area (Å²) in [5, 5.41) is 9.09. The van der Waals surface area contributed by atoms with Crippen LogP contribution in [0.25, 0.3) is 0 Å². The summed E-state index contributed by atoms with van der Waals surface area (Å²) >= 11 is 12.0. The van der Waals surface area contributed by atoms with Gasteiger partial charge >= 0.3 is 5.97 Å². The molecule has 0 amide bonds. The molecule has 4 rings (SSSR count). The molecule has 7 nitrogen and oxygen atoms in total. The van der Waals surface area contributed by atoms with Crippen molar-refractivity contribution in [2.45, 2.75) is 30.2 Å². The number of carbonyl (C=O) groups is 1. The lowest BCUT2D eigenvalue weighted by Gasteiger charge is -2.27. The van der Waals surface area contributed by atoms with Crippen LogP contribution in [0.3, 0.4) is 0 Å². The van der Waals surface area contributed by atoms with Gasteiger partial charge in [-0.1, -0.05) is 35.3 Å². The molecule has 1 atom stereocenters. The Balaban J connectivity index is 1.55. The zero-order valence-corrected chi connectivity index (χ0v) is 20.5. The highest BCUT2D eigenvalue weighted by Crippen LogP contribution is 2.37. The van der Waals surface area contributed by atoms with E-state index in [2.05, 4.69) is 4.72 Å². The fourth-order valence-corrected chi connectivity index (χ4v) is 5.59. The van der Waals surface area contributed by atoms with E-state index in [1.54, 1.807) is 18.2 Å². The van der Waals surface area contributed by atoms with Crippen LogP contribution in [0.2, 0.25) is 10.0 Å². The predicted molar refractivity (Wildman–Crippen MR) is 129 cm³/mol. The highest BCUT2D eigenvalue weighted by molar-refractivity contribution is 7.89. The maximum Gasteiger partial charge on any atom is 0.341 e. The molecule has 35 heavy (non-hydrogen) atoms. The normalized spacial score (nSPS) is 15.3. The van der Waals surface area contributed by atoms with Gasteiger partial charge in [-0.15, -0.1) is 0 Å². The van der Waals surface area contributed by atoms with Crippen molar-refractivity contribution in [3.05, 3.63) is 81.6 Å². The monoisotopic (exact) mass is 539 g/mol. The molecule has 0 unspecified atom stereocenters. The van der Waals surface area contributed by atoms with Gasteiger partial charge in [0.1, 0.15) is 11.5 Å². The topological polar surface area (TPSA) is 102 Å². The van der Waals surface area contributed by atoms with Crippen LogP contribution in [0.4, 0.5) is 4.39 Å². The predicted octanol–water partition coefficient (Wildman–Crippen LogP) is 5.74. The number of rotatable bonds is 8. The lowest BCUT2D eigenvalue weighted by atomic mass is 9.87. The first kappa shape index (κ1) is 25.2. The van der Waals surface area contributed by atoms with Crippen molar-refractivity contribution in [2.75, 3.05) is 6.61 Å². The molecule has 0 spiro atoms. The van der Waals surface area contributed by atoms with Gasteiger partial charge in [-0.3, -0.25) is 0 Å². The Bertz CT molecular complexity index is 1380. The number of hydrogen-bond acceptors (Lipinski definition) is 5. The molecule has 0 fully saturated rings. The number of halogens is 3. The molecule has 0 radical (unpaired) electrons. The molecule has 1 aliphatic carbocycles. The summed E-state index contributed by atoms with van der Waals surface area (Å²) in [6.45, 7) is -0.486. The van der Waals surface area contributed by atoms with Crippen LogP contribution in [-0.2, 0) is 21.2 Å². The molecule has 0 saturated carbocycles. The summed E-state index contributed by atoms with van der Waals surface area (Å²) in [6.07, 6.45) is 1.88. The van der Waals surface area contributed by atoms with E-state index < -0.39 is 34.5 Å². The fraction of sp³-hybridized carbons (Fsp3) is 0.208. The molecular weight excluding hydrogens is 520 g/mol. The first-order valence-corrected chi connectivity index (χ1v) is 12.8. The van der Waals surface area contributed by atoms with E-state index in [-0.39, 0.29) is 26.4 Å². The molecule has 3 aromatic carbocycles. The second-order valence-corrected chi connectivity index (χ2v) is 10.4. The minimum absolute atomic E-state index is 0.0179. The van der Waals surface area contributed by atoms with Crippen molar-refractivity contribution < 1.29 is 32.2 Å². The summed E-state index contributed by atoms with van der Waals surface area (Å²) in [5.41, 5.74) is 1.51. The van der Waals surface area contributed by atoms with Crippen molar-refractivity contribution in [1.82, 2.24) is 4.72 Å². The minimum atomic E-state index is -3.98. The molecule has 2 N–H and O–H groups in total. The van der Waals surface area contributed by atoms with Gasteiger partial charge in [-0.25, -0.2) is 22.3 Å². The Morgan fingerprint density at radius 1 is 1.09 bits per heavy atom. The largest absolute Gasteiger partial charge is 0.482 e. The number of nitrogens with one attached hydrogen (secondary N) is 1. The van der Waals surface area contributed by atoms with E-state index in [0.717, 1.165) is 17.2 Å². The van der Waals surface area contributed by atoms with Gasteiger partial charge < -0.3 is 14.6 Å². The third-order valence-electron chi connectivity index (χ3n) is 5.44. The first-order valence-electron chi connectivity index (χ1n) is 10.6. The number of aliphatic carboxylic acids is 1. The van der Waals surface area contributed by atoms with Crippen LogP contribution in [0.5, 0.6) is 17.2 Å². The van der Waals surface area contributed by atoms with Crippen molar-refractivity contribution in [3.8, 4) is 17.2 Å². The highest BCUT2D eigenvalue weighted by Gasteiger charge is 2.28. The van der Waals surface area contributed by atoms with E-state index in [1.165, 1.54) is 30.3 Å². The van der Waals surface area contributed by atoms with Gasteiger partial charge in [0, 0.05) is 11.1 Å². The third kappa shape index (κ3) is 5.87. The lowest BCUT2D eigenvalue weighted by Crippen LogP contribution is -2.31. The number of carboxylic acids is 1. The standard InChI is InChI=1S/C24H20Cl2FNO6S/c25-14-7-9-23(19(27)11-14)34-22-10-8-15(12-18(22)26)35(31,32)28-20-5-1-4-17-16(20)3-2-6-21(17)33-13-24(29)30/h2-3,6-12,20,28H,1,4-5,13H2,(H,29,30)/t20-/m1/s1. The number of hydrogen-bond donors (Lipinski definition) is 2. The number of carboxylic acid groups (broad SMARTS) is 1. The number of fused-ring (bicyclic) bond motifs is 1. The van der Waals surface area contributed by atoms with E-state index in [0.29, 0.717) is 25.0 Å². The van der Waals surface area contributed by atoms with Gasteiger partial charge in [0.15, 0.2) is 18.2 Å². The zero-order chi connectivity index (χ0) is 25.2. The van der Waals surface area contributed by atoms with Crippen molar-refractivity contribution >= 4 is 39.2 Å². The average molecular weight is 540 g/mol. The fourth-order valence-electron chi connectivity index (χ4n) is 3.88. The molecule has 0 heterocycles. The molecule has 184 valence electrons. The Kier molecular flexibility index (Phi) is 7.51. The summed E-state index contributed by atoms with van der Waals surface area (Å²) in [7, 11) is -3.98. The molecule has 0 aromatic heterocycles. The second kappa shape index (κ2) is 10.4. The Labute approximate surface area is 211 Å². The summed E-state index contributed by atoms with van der Waals surface area (Å²) in [4.78, 5) is 10.8. The number of ether oxygens (including phenoxy) is 2. The van der Waals surface area contributed by atoms with Gasteiger partial charge in [0.2, 0.25) is 10.0 Å². The van der Waals surface area contributed by atoms with Crippen LogP contribution in [0, 0.1) is 5.82 Å². The van der Waals surface area contributed by atoms with Crippen LogP contribution in [0.15, 0.2) is 59.5 Å². The van der Waals surface area contributed by atoms with E-state index in [4.69, 9.17) is 37.8 Å². The maximum absolute atomic E-state index is 14.0. The van der Waals surface area contributed by atoms with Crippen LogP contribution < -0.4 is 14.2 Å². The van der Waals surface area contributed by atoms with Crippen molar-refractivity contribution in [3.63, 3.8) is 0 Å². The van der Waals surface area contributed by atoms with Crippen molar-refractivity contribution in [1.29, 1.82) is 0 Å². The van der Waals surface area contributed by atoms with Crippen LogP contribution >= 0.6 is 23.2 Å². The summed E-state index contributed by atoms with van der Waals surface area (Å²) in [5.74, 6) is -1.39. The van der Waals surface area contributed by atoms with E-state index >= 15 is 0 Å². The highest BCUT2D eigenvalue weighted by atomic mass is 35.5. The first-order chi connectivity index (χ1) is 16.6. The Morgan fingerprint density at radius 3 is 2.57 bits per heavy atom. The number of sulfonamides is 1. The molecule has 3 aromatic rings. The summed E-state index contributed by atoms with van der Waals surface area (Å²) < 4.78 is 53.8. The maximum atomic E-state index is 14.0. The van der Waals surface area contributed by atoms with Crippen LogP contribution in [0.1, 0.15) is 30.0 Å². The SMILES string of the molecule is O=C(O)COc1cccc2c1CCC[C@H]2NS(=O)(=O)c1ccc(Oc2ccc(Cl)cc2F)c(Cl)c1. The molecule has 0 saturated heterocycles. The molecule has 1 aliphatic rings. The lowest BCUT2D eigenvalue weighted by molar-refractivity contribution is -0.139. The van der Waals surface area contributed by atoms with Gasteiger partial charge in [0.05, 0.1) is 9.92 Å². The third-order valence-corrected chi connectivity index (χ3v) is 7.44. The minimum Gasteiger partial charge on any atom is -0.482 e. The molecule has 11 heteroatoms. The Hall–Kier alpha value is -2.85. The molecule has 0 bridgehead atoms. The van der Waals surface area contributed by atoms with Gasteiger partial charge in [-0.2, -0.15) is 0 Å². The summed E-state index contributed by atoms with van der Waals surface area (Å²) in [6, 6.07) is 12.4. The quantitative estimate of drug-likeness (QED) is 0.378. The van der Waals surface area contributed by atoms with Crippen molar-refractivity contribution in [2.24, 2.45) is 0 Å². The number of benzene rings is 3.